The van der Waals surface area contributed by atoms with Crippen LogP contribution in [0.25, 0.3) is 11.3 Å². The second-order valence-corrected chi connectivity index (χ2v) is 9.60. The number of ether oxygens (including phenoxy) is 2. The minimum absolute atomic E-state index is 0.0283. The first-order valence-electron chi connectivity index (χ1n) is 10.2. The van der Waals surface area contributed by atoms with Crippen molar-refractivity contribution >= 4 is 38.1 Å². The van der Waals surface area contributed by atoms with Gasteiger partial charge in [-0.15, -0.1) is 11.3 Å². The number of rotatable bonds is 8. The Labute approximate surface area is 190 Å². The maximum Gasteiger partial charge on any atom is 0.265 e. The van der Waals surface area contributed by atoms with Gasteiger partial charge in [-0.1, -0.05) is 6.92 Å². The molecule has 32 heavy (non-hydrogen) atoms. The standard InChI is InChI=1S/C22H23N3O5S2/c1-3-11-25-19-12-15(5-10-20(19)30-13-21(25)26)18-14-31-22(23-18)24-32(27,28)17-8-6-16(7-9-17)29-4-2/h5-10,12,14H,3-4,11,13H2,1-2H3,(H,23,24). The van der Waals surface area contributed by atoms with E-state index in [9.17, 15) is 13.2 Å². The molecule has 0 atom stereocenters. The van der Waals surface area contributed by atoms with Crippen LogP contribution in [-0.2, 0) is 14.8 Å². The lowest BCUT2D eigenvalue weighted by Crippen LogP contribution is -2.39. The van der Waals surface area contributed by atoms with Crippen molar-refractivity contribution in [1.29, 1.82) is 0 Å². The number of aromatic nitrogens is 1. The number of hydrogen-bond acceptors (Lipinski definition) is 7. The van der Waals surface area contributed by atoms with Gasteiger partial charge in [0.1, 0.15) is 11.5 Å². The molecule has 0 saturated heterocycles. The summed E-state index contributed by atoms with van der Waals surface area (Å²) in [6.45, 7) is 5.01. The van der Waals surface area contributed by atoms with Crippen molar-refractivity contribution in [2.75, 3.05) is 29.4 Å². The van der Waals surface area contributed by atoms with E-state index in [1.54, 1.807) is 22.4 Å². The fraction of sp³-hybridized carbons (Fsp3) is 0.273. The minimum atomic E-state index is -3.78. The first-order chi connectivity index (χ1) is 15.4. The Morgan fingerprint density at radius 2 is 1.97 bits per heavy atom. The van der Waals surface area contributed by atoms with Crippen LogP contribution in [0.4, 0.5) is 10.8 Å². The number of sulfonamides is 1. The molecule has 0 spiro atoms. The van der Waals surface area contributed by atoms with Crippen LogP contribution >= 0.6 is 11.3 Å². The fourth-order valence-electron chi connectivity index (χ4n) is 3.34. The van der Waals surface area contributed by atoms with Crippen molar-refractivity contribution in [2.45, 2.75) is 25.2 Å². The highest BCUT2D eigenvalue weighted by molar-refractivity contribution is 7.93. The molecule has 1 amide bonds. The van der Waals surface area contributed by atoms with Gasteiger partial charge in [0.2, 0.25) is 0 Å². The van der Waals surface area contributed by atoms with E-state index in [-0.39, 0.29) is 22.5 Å². The van der Waals surface area contributed by atoms with Crippen LogP contribution in [0.1, 0.15) is 20.3 Å². The van der Waals surface area contributed by atoms with Crippen molar-refractivity contribution in [3.63, 3.8) is 0 Å². The Kier molecular flexibility index (Phi) is 6.33. The Balaban J connectivity index is 1.56. The summed E-state index contributed by atoms with van der Waals surface area (Å²) in [4.78, 5) is 18.5. The molecule has 0 fully saturated rings. The molecule has 168 valence electrons. The largest absolute Gasteiger partial charge is 0.494 e. The predicted octanol–water partition coefficient (Wildman–Crippen LogP) is 4.15. The highest BCUT2D eigenvalue weighted by Crippen LogP contribution is 2.37. The lowest BCUT2D eigenvalue weighted by Gasteiger charge is -2.29. The van der Waals surface area contributed by atoms with E-state index >= 15 is 0 Å². The summed E-state index contributed by atoms with van der Waals surface area (Å²) in [5, 5.41) is 2.03. The molecule has 10 heteroatoms. The van der Waals surface area contributed by atoms with Gasteiger partial charge >= 0.3 is 0 Å². The zero-order valence-electron chi connectivity index (χ0n) is 17.7. The third-order valence-corrected chi connectivity index (χ3v) is 7.06. The molecule has 0 unspecified atom stereocenters. The summed E-state index contributed by atoms with van der Waals surface area (Å²) >= 11 is 1.19. The minimum Gasteiger partial charge on any atom is -0.494 e. The third-order valence-electron chi connectivity index (χ3n) is 4.82. The van der Waals surface area contributed by atoms with Gasteiger partial charge in [0.15, 0.2) is 11.7 Å². The Morgan fingerprint density at radius 3 is 2.69 bits per heavy atom. The lowest BCUT2D eigenvalue weighted by atomic mass is 10.1. The van der Waals surface area contributed by atoms with Gasteiger partial charge in [-0.05, 0) is 55.8 Å². The second-order valence-electron chi connectivity index (χ2n) is 7.06. The van der Waals surface area contributed by atoms with Crippen LogP contribution in [0, 0.1) is 0 Å². The van der Waals surface area contributed by atoms with Gasteiger partial charge in [0.05, 0.1) is 22.9 Å². The number of hydrogen-bond donors (Lipinski definition) is 1. The molecule has 2 aromatic carbocycles. The van der Waals surface area contributed by atoms with Gasteiger partial charge < -0.3 is 14.4 Å². The molecule has 0 radical (unpaired) electrons. The van der Waals surface area contributed by atoms with E-state index in [2.05, 4.69) is 9.71 Å². The molecule has 1 aromatic heterocycles. The van der Waals surface area contributed by atoms with Crippen molar-refractivity contribution in [3.05, 3.63) is 47.8 Å². The van der Waals surface area contributed by atoms with E-state index in [0.717, 1.165) is 12.0 Å². The molecule has 8 nitrogen and oxygen atoms in total. The van der Waals surface area contributed by atoms with Gasteiger partial charge in [0, 0.05) is 17.5 Å². The molecule has 0 aliphatic carbocycles. The summed E-state index contributed by atoms with van der Waals surface area (Å²) in [6.07, 6.45) is 0.823. The molecular formula is C22H23N3O5S2. The SMILES string of the molecule is CCCN1C(=O)COc2ccc(-c3csc(NS(=O)(=O)c4ccc(OCC)cc4)n3)cc21. The number of nitrogens with zero attached hydrogens (tertiary/aromatic N) is 2. The lowest BCUT2D eigenvalue weighted by molar-refractivity contribution is -0.121. The smallest absolute Gasteiger partial charge is 0.265 e. The second kappa shape index (κ2) is 9.17. The third kappa shape index (κ3) is 4.56. The van der Waals surface area contributed by atoms with Crippen LogP contribution in [0.3, 0.4) is 0 Å². The van der Waals surface area contributed by atoms with Crippen molar-refractivity contribution < 1.29 is 22.7 Å². The first-order valence-corrected chi connectivity index (χ1v) is 12.6. The molecule has 1 aliphatic rings. The van der Waals surface area contributed by atoms with Crippen LogP contribution in [0.2, 0.25) is 0 Å². The van der Waals surface area contributed by atoms with Crippen LogP contribution in [-0.4, -0.2) is 39.1 Å². The average Bonchev–Trinajstić information content (AvgIpc) is 3.24. The zero-order valence-corrected chi connectivity index (χ0v) is 19.3. The van der Waals surface area contributed by atoms with Gasteiger partial charge in [-0.25, -0.2) is 13.4 Å². The van der Waals surface area contributed by atoms with E-state index in [1.807, 2.05) is 32.0 Å². The summed E-state index contributed by atoms with van der Waals surface area (Å²) in [7, 11) is -3.78. The van der Waals surface area contributed by atoms with Crippen molar-refractivity contribution in [2.24, 2.45) is 0 Å². The maximum absolute atomic E-state index is 12.7. The topological polar surface area (TPSA) is 97.8 Å². The number of carbonyl (C=O) groups excluding carboxylic acids is 1. The van der Waals surface area contributed by atoms with E-state index in [4.69, 9.17) is 9.47 Å². The van der Waals surface area contributed by atoms with E-state index in [1.165, 1.54) is 23.5 Å². The average molecular weight is 474 g/mol. The van der Waals surface area contributed by atoms with Crippen LogP contribution in [0.15, 0.2) is 52.7 Å². The number of fused-ring (bicyclic) bond motifs is 1. The highest BCUT2D eigenvalue weighted by atomic mass is 32.2. The van der Waals surface area contributed by atoms with Gasteiger partial charge in [-0.2, -0.15) is 0 Å². The monoisotopic (exact) mass is 473 g/mol. The highest BCUT2D eigenvalue weighted by Gasteiger charge is 2.25. The predicted molar refractivity (Wildman–Crippen MR) is 124 cm³/mol. The molecule has 1 aliphatic heterocycles. The molecule has 0 bridgehead atoms. The Morgan fingerprint density at radius 1 is 1.19 bits per heavy atom. The molecule has 3 aromatic rings. The molecule has 2 heterocycles. The number of nitrogens with one attached hydrogen (secondary N) is 1. The van der Waals surface area contributed by atoms with E-state index in [0.29, 0.717) is 36.0 Å². The molecule has 0 saturated carbocycles. The summed E-state index contributed by atoms with van der Waals surface area (Å²) < 4.78 is 38.8. The molecular weight excluding hydrogens is 450 g/mol. The number of amides is 1. The van der Waals surface area contributed by atoms with Gasteiger partial charge in [0.25, 0.3) is 15.9 Å². The quantitative estimate of drug-likeness (QED) is 0.528. The molecule has 1 N–H and O–H groups in total. The van der Waals surface area contributed by atoms with Crippen LogP contribution in [0.5, 0.6) is 11.5 Å². The summed E-state index contributed by atoms with van der Waals surface area (Å²) in [5.41, 5.74) is 2.08. The number of benzene rings is 2. The van der Waals surface area contributed by atoms with Crippen molar-refractivity contribution in [3.8, 4) is 22.8 Å². The number of anilines is 2. The summed E-state index contributed by atoms with van der Waals surface area (Å²) in [5.74, 6) is 1.17. The Bertz CT molecular complexity index is 1220. The maximum atomic E-state index is 12.7. The number of carbonyl (C=O) groups is 1. The van der Waals surface area contributed by atoms with Gasteiger partial charge in [-0.3, -0.25) is 9.52 Å². The Hall–Kier alpha value is -3.11. The number of thiazole rings is 1. The fourth-order valence-corrected chi connectivity index (χ4v) is 5.31. The zero-order chi connectivity index (χ0) is 22.7. The molecule has 4 rings (SSSR count). The van der Waals surface area contributed by atoms with Crippen LogP contribution < -0.4 is 19.1 Å². The first kappa shape index (κ1) is 22.1. The van der Waals surface area contributed by atoms with Crippen molar-refractivity contribution in [1.82, 2.24) is 4.98 Å². The summed E-state index contributed by atoms with van der Waals surface area (Å²) in [6, 6.07) is 11.7. The normalized spacial score (nSPS) is 13.4. The van der Waals surface area contributed by atoms with E-state index < -0.39 is 10.0 Å².